The Balaban J connectivity index is 2.25. The van der Waals surface area contributed by atoms with E-state index >= 15 is 0 Å². The molecule has 24 heavy (non-hydrogen) atoms. The van der Waals surface area contributed by atoms with Crippen LogP contribution in [0.25, 0.3) is 0 Å². The highest BCUT2D eigenvalue weighted by atomic mass is 16.9. The van der Waals surface area contributed by atoms with Gasteiger partial charge in [-0.3, -0.25) is 0 Å². The van der Waals surface area contributed by atoms with Crippen molar-refractivity contribution < 1.29 is 29.1 Å². The Morgan fingerprint density at radius 1 is 1.17 bits per heavy atom. The zero-order valence-electron chi connectivity index (χ0n) is 13.3. The molecule has 1 atom stereocenters. The molecule has 2 aliphatic heterocycles. The summed E-state index contributed by atoms with van der Waals surface area (Å²) in [6.07, 6.45) is 0. The molecular weight excluding hydrogens is 316 g/mol. The number of benzene rings is 1. The number of fused-ring (bicyclic) bond motifs is 1. The summed E-state index contributed by atoms with van der Waals surface area (Å²) in [5.41, 5.74) is 4.01. The molecule has 0 bridgehead atoms. The number of esters is 1. The number of nitrogens with one attached hydrogen (secondary N) is 2. The highest BCUT2D eigenvalue weighted by Crippen LogP contribution is 2.46. The zero-order valence-corrected chi connectivity index (χ0v) is 13.3. The number of hydrogen-bond acceptors (Lipinski definition) is 7. The summed E-state index contributed by atoms with van der Waals surface area (Å²) in [6, 6.07) is 5.06. The summed E-state index contributed by atoms with van der Waals surface area (Å²) in [7, 11) is 1.25. The van der Waals surface area contributed by atoms with Crippen molar-refractivity contribution in [2.24, 2.45) is 0 Å². The van der Waals surface area contributed by atoms with E-state index in [9.17, 15) is 14.7 Å². The maximum absolute atomic E-state index is 12.3. The van der Waals surface area contributed by atoms with Crippen LogP contribution >= 0.6 is 0 Å². The predicted molar refractivity (Wildman–Crippen MR) is 81.8 cm³/mol. The van der Waals surface area contributed by atoms with E-state index in [-0.39, 0.29) is 11.1 Å². The van der Waals surface area contributed by atoms with Gasteiger partial charge in [-0.1, -0.05) is 12.1 Å². The molecule has 1 aromatic carbocycles. The van der Waals surface area contributed by atoms with Crippen LogP contribution in [0, 0.1) is 0 Å². The number of carboxylic acids is 1. The quantitative estimate of drug-likeness (QED) is 0.713. The fourth-order valence-corrected chi connectivity index (χ4v) is 3.03. The highest BCUT2D eigenvalue weighted by molar-refractivity contribution is 5.99. The smallest absolute Gasteiger partial charge is 0.336 e. The molecule has 8 heteroatoms. The Hall–Kier alpha value is -3.00. The Morgan fingerprint density at radius 3 is 2.54 bits per heavy atom. The maximum Gasteiger partial charge on any atom is 0.336 e. The summed E-state index contributed by atoms with van der Waals surface area (Å²) >= 11 is 0. The number of ether oxygens (including phenoxy) is 1. The van der Waals surface area contributed by atoms with Crippen LogP contribution in [0.5, 0.6) is 11.5 Å². The number of para-hydroxylation sites is 1. The molecule has 1 unspecified atom stereocenters. The highest BCUT2D eigenvalue weighted by Gasteiger charge is 2.40. The fourth-order valence-electron chi connectivity index (χ4n) is 3.03. The van der Waals surface area contributed by atoms with E-state index in [2.05, 4.69) is 11.0 Å². The van der Waals surface area contributed by atoms with E-state index in [0.717, 1.165) is 0 Å². The molecule has 3 N–H and O–H groups in total. The second-order valence-corrected chi connectivity index (χ2v) is 5.39. The summed E-state index contributed by atoms with van der Waals surface area (Å²) in [6.45, 7) is 3.34. The molecular formula is C16H16N2O6. The van der Waals surface area contributed by atoms with E-state index in [1.807, 2.05) is 0 Å². The number of aliphatic carboxylic acids is 1. The zero-order chi connectivity index (χ0) is 17.4. The number of allylic oxidation sites excluding steroid dienone is 2. The van der Waals surface area contributed by atoms with Gasteiger partial charge >= 0.3 is 11.9 Å². The lowest BCUT2D eigenvalue weighted by atomic mass is 9.80. The van der Waals surface area contributed by atoms with Gasteiger partial charge < -0.3 is 24.8 Å². The lowest BCUT2D eigenvalue weighted by Crippen LogP contribution is -2.31. The van der Waals surface area contributed by atoms with Crippen LogP contribution < -0.4 is 20.6 Å². The molecule has 2 aliphatic rings. The van der Waals surface area contributed by atoms with Gasteiger partial charge in [0.05, 0.1) is 24.2 Å². The van der Waals surface area contributed by atoms with Gasteiger partial charge in [-0.2, -0.15) is 0 Å². The van der Waals surface area contributed by atoms with Crippen LogP contribution in [-0.4, -0.2) is 24.2 Å². The van der Waals surface area contributed by atoms with Crippen LogP contribution in [0.3, 0.4) is 0 Å². The second kappa shape index (κ2) is 5.89. The van der Waals surface area contributed by atoms with Crippen LogP contribution in [0.15, 0.2) is 40.7 Å². The van der Waals surface area contributed by atoms with Crippen molar-refractivity contribution in [2.45, 2.75) is 19.8 Å². The minimum atomic E-state index is -1.14. The fraction of sp³-hybridized carbons (Fsp3) is 0.250. The van der Waals surface area contributed by atoms with E-state index < -0.39 is 17.9 Å². The Labute approximate surface area is 137 Å². The number of carboxylic acid groups (broad SMARTS) is 1. The first-order chi connectivity index (χ1) is 11.5. The van der Waals surface area contributed by atoms with Gasteiger partial charge in [-0.15, -0.1) is 0 Å². The lowest BCUT2D eigenvalue weighted by molar-refractivity contribution is -0.136. The Bertz CT molecular complexity index is 796. The molecule has 0 saturated carbocycles. The van der Waals surface area contributed by atoms with Crippen LogP contribution in [0.1, 0.15) is 25.3 Å². The van der Waals surface area contributed by atoms with E-state index in [4.69, 9.17) is 14.4 Å². The summed E-state index contributed by atoms with van der Waals surface area (Å²) in [5.74, 6) is -1.85. The molecule has 8 nitrogen and oxygen atoms in total. The van der Waals surface area contributed by atoms with Crippen molar-refractivity contribution >= 4 is 11.9 Å². The number of carbonyl (C=O) groups excluding carboxylic acids is 1. The largest absolute Gasteiger partial charge is 0.478 e. The maximum atomic E-state index is 12.3. The molecule has 0 saturated heterocycles. The van der Waals surface area contributed by atoms with Gasteiger partial charge in [0.1, 0.15) is 0 Å². The first-order valence-electron chi connectivity index (χ1n) is 7.17. The second-order valence-electron chi connectivity index (χ2n) is 5.39. The molecule has 0 fully saturated rings. The monoisotopic (exact) mass is 332 g/mol. The number of dihydropyridines is 1. The molecule has 3 rings (SSSR count). The third-order valence-corrected chi connectivity index (χ3v) is 4.01. The van der Waals surface area contributed by atoms with E-state index in [1.165, 1.54) is 7.11 Å². The average Bonchev–Trinajstić information content (AvgIpc) is 3.01. The Morgan fingerprint density at radius 2 is 1.88 bits per heavy atom. The van der Waals surface area contributed by atoms with Gasteiger partial charge in [0, 0.05) is 22.6 Å². The average molecular weight is 332 g/mol. The van der Waals surface area contributed by atoms with Crippen molar-refractivity contribution in [3.8, 4) is 11.5 Å². The normalized spacial score (nSPS) is 19.2. The Kier molecular flexibility index (Phi) is 3.90. The molecule has 0 aromatic heterocycles. The van der Waals surface area contributed by atoms with Gasteiger partial charge in [-0.05, 0) is 19.9 Å². The molecule has 0 amide bonds. The first kappa shape index (κ1) is 15.9. The topological polar surface area (TPSA) is 106 Å². The molecule has 126 valence electrons. The summed E-state index contributed by atoms with van der Waals surface area (Å²) in [4.78, 5) is 34.5. The van der Waals surface area contributed by atoms with Crippen molar-refractivity contribution in [3.05, 3.63) is 46.3 Å². The molecule has 0 radical (unpaired) electrons. The van der Waals surface area contributed by atoms with Crippen molar-refractivity contribution in [1.82, 2.24) is 11.0 Å². The molecule has 1 aromatic rings. The van der Waals surface area contributed by atoms with E-state index in [0.29, 0.717) is 28.5 Å². The van der Waals surface area contributed by atoms with Gasteiger partial charge in [0.2, 0.25) is 0 Å². The number of rotatable bonds is 3. The predicted octanol–water partition coefficient (Wildman–Crippen LogP) is 1.37. The lowest BCUT2D eigenvalue weighted by Gasteiger charge is -2.29. The van der Waals surface area contributed by atoms with Crippen molar-refractivity contribution in [2.75, 3.05) is 7.11 Å². The minimum absolute atomic E-state index is 0.0462. The SMILES string of the molecule is COC(=O)C1=C(C)NC(C)=C(C(=O)O)C1c1cccc2c1ONO2. The number of hydrogen-bond donors (Lipinski definition) is 3. The van der Waals surface area contributed by atoms with Crippen LogP contribution in [0.4, 0.5) is 0 Å². The van der Waals surface area contributed by atoms with Gasteiger partial charge in [0.15, 0.2) is 11.5 Å². The minimum Gasteiger partial charge on any atom is -0.478 e. The standard InChI is InChI=1S/C16H16N2O6/c1-7-11(15(19)20)13(12(8(2)17-7)16(21)22-3)9-5-4-6-10-14(9)24-18-23-10/h4-6,13,17-18H,1-3H3,(H,19,20). The van der Waals surface area contributed by atoms with Crippen LogP contribution in [-0.2, 0) is 14.3 Å². The van der Waals surface area contributed by atoms with Gasteiger partial charge in [0.25, 0.3) is 0 Å². The van der Waals surface area contributed by atoms with E-state index in [1.54, 1.807) is 32.0 Å². The molecule has 2 heterocycles. The third-order valence-electron chi connectivity index (χ3n) is 4.01. The molecule has 0 spiro atoms. The van der Waals surface area contributed by atoms with Crippen molar-refractivity contribution in [1.29, 1.82) is 0 Å². The summed E-state index contributed by atoms with van der Waals surface area (Å²) < 4.78 is 4.85. The first-order valence-corrected chi connectivity index (χ1v) is 7.17. The third kappa shape index (κ3) is 2.37. The molecule has 0 aliphatic carbocycles. The number of carbonyl (C=O) groups is 2. The summed E-state index contributed by atoms with van der Waals surface area (Å²) in [5, 5.41) is 12.6. The van der Waals surface area contributed by atoms with Crippen LogP contribution in [0.2, 0.25) is 0 Å². The van der Waals surface area contributed by atoms with Crippen molar-refractivity contribution in [3.63, 3.8) is 0 Å². The number of methoxy groups -OCH3 is 1. The van der Waals surface area contributed by atoms with Gasteiger partial charge in [-0.25, -0.2) is 9.59 Å².